The lowest BCUT2D eigenvalue weighted by atomic mass is 10.1. The Morgan fingerprint density at radius 2 is 1.70 bits per heavy atom. The first-order chi connectivity index (χ1) is 9.72. The van der Waals surface area contributed by atoms with Crippen molar-refractivity contribution in [2.45, 2.75) is 18.2 Å². The van der Waals surface area contributed by atoms with Gasteiger partial charge in [0.2, 0.25) is 0 Å². The molecule has 0 unspecified atom stereocenters. The van der Waals surface area contributed by atoms with Crippen molar-refractivity contribution >= 4 is 23.6 Å². The van der Waals surface area contributed by atoms with Crippen molar-refractivity contribution in [3.8, 4) is 0 Å². The topological polar surface area (TPSA) is 17.1 Å². The normalized spacial score (nSPS) is 10.9. The van der Waals surface area contributed by atoms with Gasteiger partial charge in [0, 0.05) is 10.5 Å². The monoisotopic (exact) mass is 282 g/mol. The second kappa shape index (κ2) is 7.11. The van der Waals surface area contributed by atoms with Crippen molar-refractivity contribution < 1.29 is 4.79 Å². The SMILES string of the molecule is CCc1ccc(C(=O)/C=C/c2ccc(SC)cc2)cc1. The second-order valence-corrected chi connectivity index (χ2v) is 5.40. The Labute approximate surface area is 124 Å². The maximum Gasteiger partial charge on any atom is 0.185 e. The molecule has 2 aromatic rings. The predicted molar refractivity (Wildman–Crippen MR) is 87.4 cm³/mol. The van der Waals surface area contributed by atoms with Gasteiger partial charge in [0.25, 0.3) is 0 Å². The van der Waals surface area contributed by atoms with Crippen molar-refractivity contribution in [2.75, 3.05) is 6.26 Å². The molecule has 0 bridgehead atoms. The molecule has 0 N–H and O–H groups in total. The number of allylic oxidation sites excluding steroid dienone is 1. The highest BCUT2D eigenvalue weighted by Crippen LogP contribution is 2.16. The summed E-state index contributed by atoms with van der Waals surface area (Å²) >= 11 is 1.71. The number of carbonyl (C=O) groups is 1. The number of aryl methyl sites for hydroxylation is 1. The summed E-state index contributed by atoms with van der Waals surface area (Å²) in [7, 11) is 0. The predicted octanol–water partition coefficient (Wildman–Crippen LogP) is 4.87. The van der Waals surface area contributed by atoms with Gasteiger partial charge < -0.3 is 0 Å². The highest BCUT2D eigenvalue weighted by atomic mass is 32.2. The van der Waals surface area contributed by atoms with Crippen LogP contribution in [-0.4, -0.2) is 12.0 Å². The zero-order valence-electron chi connectivity index (χ0n) is 11.8. The molecule has 2 rings (SSSR count). The summed E-state index contributed by atoms with van der Waals surface area (Å²) in [5.74, 6) is 0.0431. The lowest BCUT2D eigenvalue weighted by molar-refractivity contribution is 0.104. The fourth-order valence-corrected chi connectivity index (χ4v) is 2.30. The summed E-state index contributed by atoms with van der Waals surface area (Å²) in [6, 6.07) is 16.0. The standard InChI is InChI=1S/C18H18OS/c1-3-14-4-9-16(10-5-14)18(19)13-8-15-6-11-17(20-2)12-7-15/h4-13H,3H2,1-2H3/b13-8+. The van der Waals surface area contributed by atoms with E-state index in [9.17, 15) is 4.79 Å². The van der Waals surface area contributed by atoms with E-state index < -0.39 is 0 Å². The van der Waals surface area contributed by atoms with E-state index >= 15 is 0 Å². The number of benzene rings is 2. The number of hydrogen-bond acceptors (Lipinski definition) is 2. The molecule has 20 heavy (non-hydrogen) atoms. The number of hydrogen-bond donors (Lipinski definition) is 0. The third kappa shape index (κ3) is 3.84. The van der Waals surface area contributed by atoms with Crippen LogP contribution in [0.25, 0.3) is 6.08 Å². The van der Waals surface area contributed by atoms with Crippen LogP contribution in [0.2, 0.25) is 0 Å². The first kappa shape index (κ1) is 14.6. The molecule has 0 spiro atoms. The van der Waals surface area contributed by atoms with Crippen LogP contribution in [0.3, 0.4) is 0 Å². The van der Waals surface area contributed by atoms with E-state index in [1.165, 1.54) is 10.5 Å². The molecular formula is C18H18OS. The zero-order chi connectivity index (χ0) is 14.4. The van der Waals surface area contributed by atoms with E-state index in [-0.39, 0.29) is 5.78 Å². The van der Waals surface area contributed by atoms with E-state index in [1.807, 2.05) is 48.7 Å². The van der Waals surface area contributed by atoms with E-state index in [0.717, 1.165) is 17.5 Å². The Hall–Kier alpha value is -1.80. The fraction of sp³-hybridized carbons (Fsp3) is 0.167. The van der Waals surface area contributed by atoms with Crippen molar-refractivity contribution in [1.29, 1.82) is 0 Å². The molecule has 0 atom stereocenters. The van der Waals surface area contributed by atoms with Crippen molar-refractivity contribution in [3.63, 3.8) is 0 Å². The minimum Gasteiger partial charge on any atom is -0.289 e. The van der Waals surface area contributed by atoms with E-state index in [4.69, 9.17) is 0 Å². The molecule has 2 heteroatoms. The molecule has 102 valence electrons. The molecule has 0 aliphatic heterocycles. The van der Waals surface area contributed by atoms with Gasteiger partial charge in [-0.1, -0.05) is 49.4 Å². The molecule has 0 amide bonds. The molecule has 0 saturated carbocycles. The van der Waals surface area contributed by atoms with Crippen LogP contribution in [0.5, 0.6) is 0 Å². The molecule has 0 aliphatic rings. The Morgan fingerprint density at radius 1 is 1.05 bits per heavy atom. The van der Waals surface area contributed by atoms with Crippen LogP contribution >= 0.6 is 11.8 Å². The first-order valence-electron chi connectivity index (χ1n) is 6.68. The third-order valence-electron chi connectivity index (χ3n) is 3.19. The van der Waals surface area contributed by atoms with Crippen LogP contribution < -0.4 is 0 Å². The number of carbonyl (C=O) groups excluding carboxylic acids is 1. The third-order valence-corrected chi connectivity index (χ3v) is 3.93. The maximum absolute atomic E-state index is 12.0. The fourth-order valence-electron chi connectivity index (χ4n) is 1.89. The van der Waals surface area contributed by atoms with Gasteiger partial charge in [0.05, 0.1) is 0 Å². The van der Waals surface area contributed by atoms with Gasteiger partial charge >= 0.3 is 0 Å². The maximum atomic E-state index is 12.0. The first-order valence-corrected chi connectivity index (χ1v) is 7.91. The number of ketones is 1. The minimum absolute atomic E-state index is 0.0431. The van der Waals surface area contributed by atoms with Crippen LogP contribution in [0.4, 0.5) is 0 Å². The highest BCUT2D eigenvalue weighted by Gasteiger charge is 2.01. The molecule has 0 aliphatic carbocycles. The number of rotatable bonds is 5. The van der Waals surface area contributed by atoms with E-state index in [0.29, 0.717) is 0 Å². The average molecular weight is 282 g/mol. The van der Waals surface area contributed by atoms with Gasteiger partial charge in [-0.15, -0.1) is 11.8 Å². The summed E-state index contributed by atoms with van der Waals surface area (Å²) in [6.45, 7) is 2.11. The minimum atomic E-state index is 0.0431. The molecule has 0 fully saturated rings. The van der Waals surface area contributed by atoms with Crippen LogP contribution in [0.15, 0.2) is 59.5 Å². The molecule has 0 heterocycles. The Morgan fingerprint density at radius 3 is 2.25 bits per heavy atom. The molecule has 0 radical (unpaired) electrons. The summed E-state index contributed by atoms with van der Waals surface area (Å²) in [6.07, 6.45) is 6.54. The van der Waals surface area contributed by atoms with Gasteiger partial charge in [-0.25, -0.2) is 0 Å². The largest absolute Gasteiger partial charge is 0.289 e. The smallest absolute Gasteiger partial charge is 0.185 e. The summed E-state index contributed by atoms with van der Waals surface area (Å²) < 4.78 is 0. The van der Waals surface area contributed by atoms with Crippen molar-refractivity contribution in [3.05, 3.63) is 71.3 Å². The molecule has 0 saturated heterocycles. The van der Waals surface area contributed by atoms with E-state index in [1.54, 1.807) is 17.8 Å². The molecule has 2 aromatic carbocycles. The molecule has 1 nitrogen and oxygen atoms in total. The average Bonchev–Trinajstić information content (AvgIpc) is 2.53. The molecular weight excluding hydrogens is 264 g/mol. The quantitative estimate of drug-likeness (QED) is 0.442. The van der Waals surface area contributed by atoms with Crippen LogP contribution in [-0.2, 0) is 6.42 Å². The summed E-state index contributed by atoms with van der Waals surface area (Å²) in [4.78, 5) is 13.3. The van der Waals surface area contributed by atoms with Gasteiger partial charge in [0.1, 0.15) is 0 Å². The van der Waals surface area contributed by atoms with Crippen molar-refractivity contribution in [2.24, 2.45) is 0 Å². The lowest BCUT2D eigenvalue weighted by Crippen LogP contribution is -1.94. The summed E-state index contributed by atoms with van der Waals surface area (Å²) in [5.41, 5.74) is 3.03. The summed E-state index contributed by atoms with van der Waals surface area (Å²) in [5, 5.41) is 0. The zero-order valence-corrected chi connectivity index (χ0v) is 12.6. The van der Waals surface area contributed by atoms with E-state index in [2.05, 4.69) is 19.1 Å². The van der Waals surface area contributed by atoms with Gasteiger partial charge in [0.15, 0.2) is 5.78 Å². The molecule has 0 aromatic heterocycles. The Kier molecular flexibility index (Phi) is 5.19. The van der Waals surface area contributed by atoms with Crippen LogP contribution in [0.1, 0.15) is 28.4 Å². The van der Waals surface area contributed by atoms with Crippen LogP contribution in [0, 0.1) is 0 Å². The highest BCUT2D eigenvalue weighted by molar-refractivity contribution is 7.98. The van der Waals surface area contributed by atoms with Gasteiger partial charge in [-0.3, -0.25) is 4.79 Å². The second-order valence-electron chi connectivity index (χ2n) is 4.52. The van der Waals surface area contributed by atoms with Gasteiger partial charge in [-0.05, 0) is 42.0 Å². The number of thioether (sulfide) groups is 1. The Bertz CT molecular complexity index is 594. The van der Waals surface area contributed by atoms with Gasteiger partial charge in [-0.2, -0.15) is 0 Å². The Balaban J connectivity index is 2.07. The lowest BCUT2D eigenvalue weighted by Gasteiger charge is -1.99. The van der Waals surface area contributed by atoms with Crippen molar-refractivity contribution in [1.82, 2.24) is 0 Å².